The molecule has 15 heavy (non-hydrogen) atoms. The third-order valence-corrected chi connectivity index (χ3v) is 3.01. The molecule has 0 aromatic carbocycles. The number of H-pyrrole nitrogens is 1. The minimum absolute atomic E-state index is 0.124. The monoisotopic (exact) mass is 234 g/mol. The number of hydrogen-bond donors (Lipinski definition) is 3. The summed E-state index contributed by atoms with van der Waals surface area (Å²) < 4.78 is 29.8. The van der Waals surface area contributed by atoms with E-state index >= 15 is 0 Å². The number of aryl methyl sites for hydroxylation is 1. The van der Waals surface area contributed by atoms with E-state index in [2.05, 4.69) is 19.7 Å². The molecule has 7 nitrogen and oxygen atoms in total. The molecule has 1 aromatic rings. The van der Waals surface area contributed by atoms with Gasteiger partial charge in [-0.1, -0.05) is 0 Å². The number of hydrogen-bond acceptors (Lipinski definition) is 5. The summed E-state index contributed by atoms with van der Waals surface area (Å²) in [5, 5.41) is 6.31. The largest absolute Gasteiger partial charge is 0.394 e. The third-order valence-electron chi connectivity index (χ3n) is 1.80. The number of nitrogens with one attached hydrogen (secondary N) is 2. The lowest BCUT2D eigenvalue weighted by atomic mass is 10.4. The number of aromatic nitrogens is 2. The standard InChI is InChI=1S/C7H14N4O3S/c1-5-6(8)7(10-9-5)11-15(12,13)4-3-14-2/h3-4,8H2,1-2H3,(H2,9,10,11). The van der Waals surface area contributed by atoms with Gasteiger partial charge in [0, 0.05) is 7.11 Å². The lowest BCUT2D eigenvalue weighted by molar-refractivity contribution is 0.217. The van der Waals surface area contributed by atoms with Gasteiger partial charge in [0.2, 0.25) is 10.0 Å². The van der Waals surface area contributed by atoms with E-state index in [1.54, 1.807) is 6.92 Å². The van der Waals surface area contributed by atoms with E-state index in [1.165, 1.54) is 7.11 Å². The molecule has 0 aliphatic rings. The van der Waals surface area contributed by atoms with E-state index in [4.69, 9.17) is 5.73 Å². The van der Waals surface area contributed by atoms with Crippen LogP contribution in [0.15, 0.2) is 0 Å². The number of anilines is 2. The Morgan fingerprint density at radius 1 is 1.60 bits per heavy atom. The average molecular weight is 234 g/mol. The summed E-state index contributed by atoms with van der Waals surface area (Å²) in [5.41, 5.74) is 6.51. The van der Waals surface area contributed by atoms with Gasteiger partial charge >= 0.3 is 0 Å². The fraction of sp³-hybridized carbons (Fsp3) is 0.571. The fourth-order valence-electron chi connectivity index (χ4n) is 0.907. The Morgan fingerprint density at radius 3 is 2.73 bits per heavy atom. The van der Waals surface area contributed by atoms with Gasteiger partial charge in [-0.2, -0.15) is 5.10 Å². The highest BCUT2D eigenvalue weighted by atomic mass is 32.2. The molecule has 0 aliphatic heterocycles. The van der Waals surface area contributed by atoms with Gasteiger partial charge in [-0.3, -0.25) is 9.82 Å². The number of ether oxygens (including phenoxy) is 1. The first kappa shape index (κ1) is 11.8. The molecule has 0 atom stereocenters. The zero-order valence-electron chi connectivity index (χ0n) is 8.57. The smallest absolute Gasteiger partial charge is 0.236 e. The lowest BCUT2D eigenvalue weighted by Gasteiger charge is -2.05. The van der Waals surface area contributed by atoms with Crippen LogP contribution in [0.2, 0.25) is 0 Å². The number of rotatable bonds is 5. The average Bonchev–Trinajstić information content (AvgIpc) is 2.46. The predicted octanol–water partition coefficient (Wildman–Crippen LogP) is -0.312. The maximum atomic E-state index is 11.4. The van der Waals surface area contributed by atoms with Crippen LogP contribution in [-0.4, -0.2) is 38.1 Å². The highest BCUT2D eigenvalue weighted by molar-refractivity contribution is 7.92. The van der Waals surface area contributed by atoms with E-state index < -0.39 is 10.0 Å². The summed E-state index contributed by atoms with van der Waals surface area (Å²) in [6, 6.07) is 0. The summed E-state index contributed by atoms with van der Waals surface area (Å²) in [4.78, 5) is 0. The van der Waals surface area contributed by atoms with Crippen molar-refractivity contribution in [2.45, 2.75) is 6.92 Å². The van der Waals surface area contributed by atoms with Crippen LogP contribution in [0, 0.1) is 6.92 Å². The van der Waals surface area contributed by atoms with Gasteiger partial charge in [0.25, 0.3) is 0 Å². The second-order valence-electron chi connectivity index (χ2n) is 3.02. The van der Waals surface area contributed by atoms with E-state index in [1.807, 2.05) is 0 Å². The van der Waals surface area contributed by atoms with Crippen molar-refractivity contribution in [3.8, 4) is 0 Å². The van der Waals surface area contributed by atoms with Crippen molar-refractivity contribution in [3.63, 3.8) is 0 Å². The van der Waals surface area contributed by atoms with Crippen LogP contribution in [0.1, 0.15) is 5.69 Å². The van der Waals surface area contributed by atoms with Crippen molar-refractivity contribution in [2.24, 2.45) is 0 Å². The van der Waals surface area contributed by atoms with Crippen LogP contribution in [-0.2, 0) is 14.8 Å². The van der Waals surface area contributed by atoms with Gasteiger partial charge in [0.05, 0.1) is 23.7 Å². The first-order valence-electron chi connectivity index (χ1n) is 4.26. The zero-order valence-corrected chi connectivity index (χ0v) is 9.39. The van der Waals surface area contributed by atoms with E-state index in [0.29, 0.717) is 11.4 Å². The van der Waals surface area contributed by atoms with Gasteiger partial charge < -0.3 is 10.5 Å². The molecular weight excluding hydrogens is 220 g/mol. The molecule has 1 heterocycles. The van der Waals surface area contributed by atoms with Crippen molar-refractivity contribution < 1.29 is 13.2 Å². The number of nitrogen functional groups attached to an aromatic ring is 1. The van der Waals surface area contributed by atoms with Crippen molar-refractivity contribution in [2.75, 3.05) is 29.9 Å². The first-order valence-corrected chi connectivity index (χ1v) is 5.91. The van der Waals surface area contributed by atoms with Crippen LogP contribution in [0.25, 0.3) is 0 Å². The molecule has 1 rings (SSSR count). The van der Waals surface area contributed by atoms with Gasteiger partial charge in [-0.25, -0.2) is 8.42 Å². The predicted molar refractivity (Wildman–Crippen MR) is 57.0 cm³/mol. The quantitative estimate of drug-likeness (QED) is 0.647. The number of nitrogens with zero attached hydrogens (tertiary/aromatic N) is 1. The molecule has 1 aromatic heterocycles. The highest BCUT2D eigenvalue weighted by Gasteiger charge is 2.14. The fourth-order valence-corrected chi connectivity index (χ4v) is 1.85. The topological polar surface area (TPSA) is 110 Å². The maximum Gasteiger partial charge on any atom is 0.236 e. The first-order chi connectivity index (χ1) is 6.96. The van der Waals surface area contributed by atoms with Crippen LogP contribution < -0.4 is 10.5 Å². The highest BCUT2D eigenvalue weighted by Crippen LogP contribution is 2.18. The van der Waals surface area contributed by atoms with Gasteiger partial charge in [-0.15, -0.1) is 0 Å². The Balaban J connectivity index is 2.73. The zero-order chi connectivity index (χ0) is 11.5. The molecular formula is C7H14N4O3S. The minimum atomic E-state index is -3.44. The molecule has 0 amide bonds. The minimum Gasteiger partial charge on any atom is -0.394 e. The molecule has 4 N–H and O–H groups in total. The van der Waals surface area contributed by atoms with Crippen molar-refractivity contribution in [1.82, 2.24) is 10.2 Å². The van der Waals surface area contributed by atoms with Crippen molar-refractivity contribution in [1.29, 1.82) is 0 Å². The normalized spacial score (nSPS) is 11.6. The molecule has 0 spiro atoms. The third kappa shape index (κ3) is 3.10. The van der Waals surface area contributed by atoms with Crippen LogP contribution in [0.3, 0.4) is 0 Å². The Bertz CT molecular complexity index is 425. The summed E-state index contributed by atoms with van der Waals surface area (Å²) in [6.45, 7) is 1.83. The molecule has 0 bridgehead atoms. The van der Waals surface area contributed by atoms with E-state index in [0.717, 1.165) is 0 Å². The summed E-state index contributed by atoms with van der Waals surface area (Å²) in [5.74, 6) is -0.00178. The van der Waals surface area contributed by atoms with Gasteiger partial charge in [0.1, 0.15) is 0 Å². The summed E-state index contributed by atoms with van der Waals surface area (Å²) in [6.07, 6.45) is 0. The van der Waals surface area contributed by atoms with Crippen LogP contribution in [0.4, 0.5) is 11.5 Å². The molecule has 0 radical (unpaired) electrons. The summed E-state index contributed by atoms with van der Waals surface area (Å²) >= 11 is 0. The number of aromatic amines is 1. The Morgan fingerprint density at radius 2 is 2.27 bits per heavy atom. The number of sulfonamides is 1. The van der Waals surface area contributed by atoms with E-state index in [9.17, 15) is 8.42 Å². The maximum absolute atomic E-state index is 11.4. The van der Waals surface area contributed by atoms with Gasteiger partial charge in [0.15, 0.2) is 5.82 Å². The van der Waals surface area contributed by atoms with Crippen LogP contribution >= 0.6 is 0 Å². The Labute approximate surface area is 88.1 Å². The van der Waals surface area contributed by atoms with Crippen molar-refractivity contribution >= 4 is 21.5 Å². The number of methoxy groups -OCH3 is 1. The molecule has 86 valence electrons. The number of nitrogens with two attached hydrogens (primary N) is 1. The van der Waals surface area contributed by atoms with E-state index in [-0.39, 0.29) is 18.2 Å². The SMILES string of the molecule is COCCS(=O)(=O)Nc1n[nH]c(C)c1N. The molecule has 0 saturated carbocycles. The lowest BCUT2D eigenvalue weighted by Crippen LogP contribution is -2.20. The second-order valence-corrected chi connectivity index (χ2v) is 4.87. The molecule has 0 fully saturated rings. The molecule has 8 heteroatoms. The van der Waals surface area contributed by atoms with Crippen LogP contribution in [0.5, 0.6) is 0 Å². The molecule has 0 unspecified atom stereocenters. The summed E-state index contributed by atoms with van der Waals surface area (Å²) in [7, 11) is -2.01. The Hall–Kier alpha value is -1.28. The molecule has 0 aliphatic carbocycles. The Kier molecular flexibility index (Phi) is 3.53. The molecule has 0 saturated heterocycles. The second kappa shape index (κ2) is 4.49. The van der Waals surface area contributed by atoms with Crippen molar-refractivity contribution in [3.05, 3.63) is 5.69 Å². The van der Waals surface area contributed by atoms with Gasteiger partial charge in [-0.05, 0) is 6.92 Å².